The molecule has 1 atom stereocenters. The van der Waals surface area contributed by atoms with Crippen molar-refractivity contribution in [1.29, 1.82) is 0 Å². The molecule has 28 heavy (non-hydrogen) atoms. The minimum Gasteiger partial charge on any atom is -0.287 e. The Bertz CT molecular complexity index is 659. The van der Waals surface area contributed by atoms with Gasteiger partial charge in [0.2, 0.25) is 0 Å². The fourth-order valence-corrected chi connectivity index (χ4v) is 2.52. The van der Waals surface area contributed by atoms with E-state index in [-0.39, 0.29) is 12.1 Å². The third kappa shape index (κ3) is 7.80. The van der Waals surface area contributed by atoms with Crippen LogP contribution in [0.4, 0.5) is 26.3 Å². The molecule has 3 nitrogen and oxygen atoms in total. The monoisotopic (exact) mass is 408 g/mol. The zero-order chi connectivity index (χ0) is 21.4. The first-order chi connectivity index (χ1) is 13.0. The highest BCUT2D eigenvalue weighted by Gasteiger charge is 2.37. The summed E-state index contributed by atoms with van der Waals surface area (Å²) < 4.78 is 77.4. The smallest absolute Gasteiger partial charge is 0.287 e. The lowest BCUT2D eigenvalue weighted by Gasteiger charge is -2.19. The molecule has 1 amide bonds. The third-order valence-electron chi connectivity index (χ3n) is 4.02. The van der Waals surface area contributed by atoms with Crippen LogP contribution in [0.25, 0.3) is 0 Å². The number of rotatable bonds is 9. The normalized spacial score (nSPS) is 13.1. The van der Waals surface area contributed by atoms with Gasteiger partial charge in [-0.2, -0.15) is 26.3 Å². The molecule has 156 valence electrons. The maximum absolute atomic E-state index is 12.9. The Balaban J connectivity index is 2.95. The lowest BCUT2D eigenvalue weighted by atomic mass is 10.0. The highest BCUT2D eigenvalue weighted by molar-refractivity contribution is 5.94. The summed E-state index contributed by atoms with van der Waals surface area (Å²) in [6.07, 6.45) is -0.609. The molecule has 0 spiro atoms. The van der Waals surface area contributed by atoms with Crippen molar-refractivity contribution in [1.82, 2.24) is 10.9 Å². The number of terminal acetylenes is 1. The number of hydrazine groups is 1. The minimum atomic E-state index is -5.01. The van der Waals surface area contributed by atoms with Crippen LogP contribution in [0.1, 0.15) is 66.9 Å². The zero-order valence-corrected chi connectivity index (χ0v) is 15.3. The van der Waals surface area contributed by atoms with Gasteiger partial charge in [0.05, 0.1) is 11.1 Å². The average molecular weight is 408 g/mol. The average Bonchev–Trinajstić information content (AvgIpc) is 2.61. The van der Waals surface area contributed by atoms with Crippen LogP contribution in [0, 0.1) is 12.3 Å². The number of carbonyl (C=O) groups excluding carboxylic acids is 1. The van der Waals surface area contributed by atoms with Crippen LogP contribution in [-0.4, -0.2) is 11.9 Å². The van der Waals surface area contributed by atoms with E-state index in [0.717, 1.165) is 12.8 Å². The molecule has 0 aliphatic carbocycles. The first-order valence-electron chi connectivity index (χ1n) is 8.77. The summed E-state index contributed by atoms with van der Waals surface area (Å²) in [4.78, 5) is 12.2. The predicted octanol–water partition coefficient (Wildman–Crippen LogP) is 5.32. The molecule has 9 heteroatoms. The second kappa shape index (κ2) is 10.4. The van der Waals surface area contributed by atoms with Crippen LogP contribution < -0.4 is 10.9 Å². The van der Waals surface area contributed by atoms with Crippen molar-refractivity contribution in [3.8, 4) is 12.3 Å². The van der Waals surface area contributed by atoms with Gasteiger partial charge in [-0.25, -0.2) is 5.43 Å². The number of benzene rings is 1. The van der Waals surface area contributed by atoms with E-state index in [1.165, 1.54) is 0 Å². The van der Waals surface area contributed by atoms with Gasteiger partial charge in [-0.1, -0.05) is 19.8 Å². The van der Waals surface area contributed by atoms with Gasteiger partial charge in [-0.3, -0.25) is 10.2 Å². The molecule has 0 heterocycles. The van der Waals surface area contributed by atoms with Gasteiger partial charge in [-0.05, 0) is 37.5 Å². The second-order valence-corrected chi connectivity index (χ2v) is 6.33. The molecule has 0 bridgehead atoms. The van der Waals surface area contributed by atoms with Crippen molar-refractivity contribution < 1.29 is 31.1 Å². The zero-order valence-electron chi connectivity index (χ0n) is 15.3. The summed E-state index contributed by atoms with van der Waals surface area (Å²) in [7, 11) is 0. The number of carbonyl (C=O) groups is 1. The Morgan fingerprint density at radius 3 is 2.04 bits per heavy atom. The van der Waals surface area contributed by atoms with Crippen LogP contribution >= 0.6 is 0 Å². The molecule has 0 aromatic heterocycles. The van der Waals surface area contributed by atoms with E-state index >= 15 is 0 Å². The Morgan fingerprint density at radius 1 is 1.04 bits per heavy atom. The molecule has 1 rings (SSSR count). The van der Waals surface area contributed by atoms with Gasteiger partial charge in [0.25, 0.3) is 5.91 Å². The predicted molar refractivity (Wildman–Crippen MR) is 93.0 cm³/mol. The standard InChI is InChI=1S/C19H22F6N2O/c1-3-5-7-9-16(8-6-4-2)26-27-17(28)13-10-14(18(20,21)22)12-15(11-13)19(23,24)25/h1,10-12,16,26H,4-9H2,2H3,(H,27,28). The van der Waals surface area contributed by atoms with E-state index in [1.54, 1.807) is 0 Å². The van der Waals surface area contributed by atoms with Crippen molar-refractivity contribution in [2.45, 2.75) is 63.8 Å². The Hall–Kier alpha value is -2.21. The molecule has 1 aromatic carbocycles. The quantitative estimate of drug-likeness (QED) is 0.251. The third-order valence-corrected chi connectivity index (χ3v) is 4.02. The highest BCUT2D eigenvalue weighted by Crippen LogP contribution is 2.36. The molecular formula is C19H22F6N2O. The van der Waals surface area contributed by atoms with Gasteiger partial charge in [0, 0.05) is 18.0 Å². The number of hydrogen-bond donors (Lipinski definition) is 2. The SMILES string of the molecule is C#CCCCC(CCCC)NNC(=O)c1cc(C(F)(F)F)cc(C(F)(F)F)c1. The van der Waals surface area contributed by atoms with Crippen molar-refractivity contribution >= 4 is 5.91 Å². The molecule has 0 saturated heterocycles. The van der Waals surface area contributed by atoms with E-state index in [2.05, 4.69) is 16.8 Å². The molecule has 2 N–H and O–H groups in total. The molecule has 0 fully saturated rings. The number of halogens is 6. The Kier molecular flexibility index (Phi) is 8.82. The summed E-state index contributed by atoms with van der Waals surface area (Å²) in [5, 5.41) is 0. The van der Waals surface area contributed by atoms with E-state index in [4.69, 9.17) is 6.42 Å². The van der Waals surface area contributed by atoms with Crippen molar-refractivity contribution in [2.24, 2.45) is 0 Å². The maximum atomic E-state index is 12.9. The summed E-state index contributed by atoms with van der Waals surface area (Å²) in [6.45, 7) is 1.97. The Morgan fingerprint density at radius 2 is 1.57 bits per heavy atom. The fourth-order valence-electron chi connectivity index (χ4n) is 2.52. The van der Waals surface area contributed by atoms with Crippen LogP contribution in [-0.2, 0) is 12.4 Å². The number of hydrogen-bond acceptors (Lipinski definition) is 2. The van der Waals surface area contributed by atoms with Gasteiger partial charge in [0.15, 0.2) is 0 Å². The molecule has 1 unspecified atom stereocenters. The van der Waals surface area contributed by atoms with E-state index < -0.39 is 35.0 Å². The molecule has 1 aromatic rings. The maximum Gasteiger partial charge on any atom is 0.416 e. The van der Waals surface area contributed by atoms with Gasteiger partial charge in [0.1, 0.15) is 0 Å². The summed E-state index contributed by atoms with van der Waals surface area (Å²) >= 11 is 0. The number of unbranched alkanes of at least 4 members (excludes halogenated alkanes) is 2. The Labute approximate surface area is 159 Å². The number of alkyl halides is 6. The molecule has 0 saturated carbocycles. The molecule has 0 aliphatic rings. The molecule has 0 aliphatic heterocycles. The molecule has 0 radical (unpaired) electrons. The molecular weight excluding hydrogens is 386 g/mol. The van der Waals surface area contributed by atoms with E-state index in [0.29, 0.717) is 37.8 Å². The fraction of sp³-hybridized carbons (Fsp3) is 0.526. The summed E-state index contributed by atoms with van der Waals surface area (Å²) in [5.74, 6) is 1.41. The topological polar surface area (TPSA) is 41.1 Å². The lowest BCUT2D eigenvalue weighted by Crippen LogP contribution is -2.44. The number of amides is 1. The first kappa shape index (κ1) is 23.8. The van der Waals surface area contributed by atoms with Gasteiger partial charge >= 0.3 is 12.4 Å². The summed E-state index contributed by atoms with van der Waals surface area (Å²) in [5.41, 5.74) is 1.11. The number of nitrogens with one attached hydrogen (secondary N) is 2. The van der Waals surface area contributed by atoms with Gasteiger partial charge < -0.3 is 0 Å². The van der Waals surface area contributed by atoms with E-state index in [9.17, 15) is 31.1 Å². The van der Waals surface area contributed by atoms with Crippen LogP contribution in [0.15, 0.2) is 18.2 Å². The summed E-state index contributed by atoms with van der Waals surface area (Å²) in [6, 6.07) is 0.580. The minimum absolute atomic E-state index is 0.0198. The van der Waals surface area contributed by atoms with Crippen LogP contribution in [0.3, 0.4) is 0 Å². The second-order valence-electron chi connectivity index (χ2n) is 6.33. The van der Waals surface area contributed by atoms with Crippen molar-refractivity contribution in [3.05, 3.63) is 34.9 Å². The van der Waals surface area contributed by atoms with Crippen molar-refractivity contribution in [3.63, 3.8) is 0 Å². The van der Waals surface area contributed by atoms with Crippen LogP contribution in [0.5, 0.6) is 0 Å². The lowest BCUT2D eigenvalue weighted by molar-refractivity contribution is -0.143. The van der Waals surface area contributed by atoms with Crippen molar-refractivity contribution in [2.75, 3.05) is 0 Å². The van der Waals surface area contributed by atoms with Crippen LogP contribution in [0.2, 0.25) is 0 Å². The first-order valence-corrected chi connectivity index (χ1v) is 8.77. The van der Waals surface area contributed by atoms with Gasteiger partial charge in [-0.15, -0.1) is 12.3 Å². The highest BCUT2D eigenvalue weighted by atomic mass is 19.4. The van der Waals surface area contributed by atoms with E-state index in [1.807, 2.05) is 6.92 Å². The largest absolute Gasteiger partial charge is 0.416 e.